The molecule has 5 nitrogen and oxygen atoms in total. The van der Waals surface area contributed by atoms with Gasteiger partial charge in [-0.25, -0.2) is 0 Å². The molecule has 7 heteroatoms. The van der Waals surface area contributed by atoms with Gasteiger partial charge in [0.05, 0.1) is 15.8 Å². The van der Waals surface area contributed by atoms with Crippen LogP contribution in [-0.4, -0.2) is 12.0 Å². The summed E-state index contributed by atoms with van der Waals surface area (Å²) in [5.74, 6) is 0.649. The van der Waals surface area contributed by atoms with E-state index in [1.165, 1.54) is 17.0 Å². The summed E-state index contributed by atoms with van der Waals surface area (Å²) in [5.41, 5.74) is 0.846. The average molecular weight is 357 g/mol. The van der Waals surface area contributed by atoms with Gasteiger partial charge in [-0.05, 0) is 34.1 Å². The van der Waals surface area contributed by atoms with Crippen LogP contribution in [0.4, 0.5) is 5.69 Å². The van der Waals surface area contributed by atoms with Gasteiger partial charge in [0.2, 0.25) is 0 Å². The van der Waals surface area contributed by atoms with Crippen LogP contribution in [0.25, 0.3) is 0 Å². The predicted octanol–water partition coefficient (Wildman–Crippen LogP) is 3.72. The molecule has 20 heavy (non-hydrogen) atoms. The minimum absolute atomic E-state index is 0.0708. The lowest BCUT2D eigenvalue weighted by Crippen LogP contribution is -2.12. The van der Waals surface area contributed by atoms with Crippen molar-refractivity contribution in [3.63, 3.8) is 0 Å². The maximum absolute atomic E-state index is 10.8. The summed E-state index contributed by atoms with van der Waals surface area (Å²) < 4.78 is 6.30. The summed E-state index contributed by atoms with van der Waals surface area (Å²) in [5, 5.41) is 14.1. The molecule has 0 aliphatic carbocycles. The molecule has 0 spiro atoms. The summed E-state index contributed by atoms with van der Waals surface area (Å²) in [6.45, 7) is 1.22. The van der Waals surface area contributed by atoms with Crippen molar-refractivity contribution in [3.05, 3.63) is 54.7 Å². The molecular formula is C13H13BrN2O3S. The molecule has 2 rings (SSSR count). The lowest BCUT2D eigenvalue weighted by molar-refractivity contribution is -0.384. The van der Waals surface area contributed by atoms with E-state index in [1.807, 2.05) is 12.1 Å². The number of ether oxygens (including phenoxy) is 1. The Bertz CT molecular complexity index is 615. The number of hydrogen-bond acceptors (Lipinski definition) is 5. The van der Waals surface area contributed by atoms with Crippen molar-refractivity contribution >= 4 is 33.0 Å². The Hall–Kier alpha value is -1.44. The zero-order valence-electron chi connectivity index (χ0n) is 10.8. The molecule has 0 aliphatic rings. The molecule has 0 aliphatic heterocycles. The molecule has 1 N–H and O–H groups in total. The van der Waals surface area contributed by atoms with Gasteiger partial charge in [-0.3, -0.25) is 10.1 Å². The molecular weight excluding hydrogens is 344 g/mol. The summed E-state index contributed by atoms with van der Waals surface area (Å²) in [6.07, 6.45) is 0. The molecule has 106 valence electrons. The molecule has 0 amide bonds. The molecule has 0 bridgehead atoms. The lowest BCUT2D eigenvalue weighted by atomic mass is 10.1. The van der Waals surface area contributed by atoms with Crippen LogP contribution in [0.2, 0.25) is 0 Å². The highest BCUT2D eigenvalue weighted by Gasteiger charge is 2.11. The standard InChI is InChI=1S/C13H13BrN2O3S/c1-19-12-4-2-10(16(17)18)6-9(12)7-15-8-11-3-5-13(14)20-11/h2-6,15H,7-8H2,1H3. The van der Waals surface area contributed by atoms with Crippen molar-refractivity contribution in [3.8, 4) is 5.75 Å². The Labute approximate surface area is 128 Å². The van der Waals surface area contributed by atoms with E-state index in [1.54, 1.807) is 24.5 Å². The highest BCUT2D eigenvalue weighted by Crippen LogP contribution is 2.25. The number of nitro benzene ring substituents is 1. The quantitative estimate of drug-likeness (QED) is 0.632. The lowest BCUT2D eigenvalue weighted by Gasteiger charge is -2.09. The molecule has 1 aromatic carbocycles. The van der Waals surface area contributed by atoms with E-state index in [0.717, 1.165) is 9.35 Å². The first-order valence-electron chi connectivity index (χ1n) is 5.86. The second kappa shape index (κ2) is 6.83. The minimum atomic E-state index is -0.403. The summed E-state index contributed by atoms with van der Waals surface area (Å²) in [4.78, 5) is 11.6. The maximum Gasteiger partial charge on any atom is 0.270 e. The van der Waals surface area contributed by atoms with Crippen LogP contribution in [-0.2, 0) is 13.1 Å². The topological polar surface area (TPSA) is 64.4 Å². The third-order valence-electron chi connectivity index (χ3n) is 2.72. The fourth-order valence-corrected chi connectivity index (χ4v) is 3.24. The molecule has 0 radical (unpaired) electrons. The molecule has 0 atom stereocenters. The van der Waals surface area contributed by atoms with E-state index in [-0.39, 0.29) is 5.69 Å². The number of nitro groups is 1. The van der Waals surface area contributed by atoms with E-state index in [0.29, 0.717) is 18.8 Å². The largest absolute Gasteiger partial charge is 0.496 e. The predicted molar refractivity (Wildman–Crippen MR) is 82.2 cm³/mol. The van der Waals surface area contributed by atoms with Crippen LogP contribution in [0.5, 0.6) is 5.75 Å². The van der Waals surface area contributed by atoms with Crippen molar-refractivity contribution in [2.45, 2.75) is 13.1 Å². The number of nitrogens with zero attached hydrogens (tertiary/aromatic N) is 1. The van der Waals surface area contributed by atoms with Gasteiger partial charge < -0.3 is 10.1 Å². The summed E-state index contributed by atoms with van der Waals surface area (Å²) in [7, 11) is 1.56. The Balaban J connectivity index is 2.03. The first kappa shape index (κ1) is 15.0. The van der Waals surface area contributed by atoms with Crippen molar-refractivity contribution in [1.29, 1.82) is 0 Å². The van der Waals surface area contributed by atoms with E-state index < -0.39 is 4.92 Å². The second-order valence-electron chi connectivity index (χ2n) is 4.06. The monoisotopic (exact) mass is 356 g/mol. The fourth-order valence-electron chi connectivity index (χ4n) is 1.78. The maximum atomic E-state index is 10.8. The molecule has 0 fully saturated rings. The number of benzene rings is 1. The van der Waals surface area contributed by atoms with Crippen LogP contribution < -0.4 is 10.1 Å². The Morgan fingerprint density at radius 3 is 2.75 bits per heavy atom. The smallest absolute Gasteiger partial charge is 0.270 e. The van der Waals surface area contributed by atoms with Gasteiger partial charge in [0, 0.05) is 35.7 Å². The normalized spacial score (nSPS) is 10.5. The molecule has 2 aromatic rings. The van der Waals surface area contributed by atoms with Crippen LogP contribution in [0.3, 0.4) is 0 Å². The Morgan fingerprint density at radius 1 is 1.35 bits per heavy atom. The number of hydrogen-bond donors (Lipinski definition) is 1. The molecule has 1 heterocycles. The fraction of sp³-hybridized carbons (Fsp3) is 0.231. The highest BCUT2D eigenvalue weighted by molar-refractivity contribution is 9.11. The number of halogens is 1. The number of methoxy groups -OCH3 is 1. The molecule has 0 unspecified atom stereocenters. The van der Waals surface area contributed by atoms with Crippen LogP contribution in [0.1, 0.15) is 10.4 Å². The van der Waals surface area contributed by atoms with Gasteiger partial charge in [-0.15, -0.1) is 11.3 Å². The van der Waals surface area contributed by atoms with E-state index in [4.69, 9.17) is 4.74 Å². The molecule has 0 saturated heterocycles. The summed E-state index contributed by atoms with van der Waals surface area (Å²) in [6, 6.07) is 8.63. The van der Waals surface area contributed by atoms with Gasteiger partial charge >= 0.3 is 0 Å². The van der Waals surface area contributed by atoms with Crippen LogP contribution in [0.15, 0.2) is 34.1 Å². The van der Waals surface area contributed by atoms with Crippen LogP contribution in [0, 0.1) is 10.1 Å². The minimum Gasteiger partial charge on any atom is -0.496 e. The second-order valence-corrected chi connectivity index (χ2v) is 6.61. The molecule has 1 aromatic heterocycles. The highest BCUT2D eigenvalue weighted by atomic mass is 79.9. The number of thiophene rings is 1. The van der Waals surface area contributed by atoms with E-state index >= 15 is 0 Å². The van der Waals surface area contributed by atoms with Gasteiger partial charge in [0.15, 0.2) is 0 Å². The van der Waals surface area contributed by atoms with Crippen LogP contribution >= 0.6 is 27.3 Å². The van der Waals surface area contributed by atoms with Crippen molar-refractivity contribution in [2.75, 3.05) is 7.11 Å². The first-order valence-corrected chi connectivity index (χ1v) is 7.47. The van der Waals surface area contributed by atoms with Crippen molar-refractivity contribution < 1.29 is 9.66 Å². The average Bonchev–Trinajstić information content (AvgIpc) is 2.84. The van der Waals surface area contributed by atoms with Gasteiger partial charge in [-0.1, -0.05) is 0 Å². The van der Waals surface area contributed by atoms with E-state index in [9.17, 15) is 10.1 Å². The van der Waals surface area contributed by atoms with Gasteiger partial charge in [0.25, 0.3) is 5.69 Å². The third-order valence-corrected chi connectivity index (χ3v) is 4.34. The number of nitrogens with one attached hydrogen (secondary N) is 1. The zero-order valence-corrected chi connectivity index (χ0v) is 13.2. The Morgan fingerprint density at radius 2 is 2.15 bits per heavy atom. The van der Waals surface area contributed by atoms with E-state index in [2.05, 4.69) is 21.2 Å². The SMILES string of the molecule is COc1ccc([N+](=O)[O-])cc1CNCc1ccc(Br)s1. The van der Waals surface area contributed by atoms with Crippen molar-refractivity contribution in [2.24, 2.45) is 0 Å². The zero-order chi connectivity index (χ0) is 14.5. The van der Waals surface area contributed by atoms with Crippen molar-refractivity contribution in [1.82, 2.24) is 5.32 Å². The first-order chi connectivity index (χ1) is 9.60. The number of rotatable bonds is 6. The third kappa shape index (κ3) is 3.78. The molecule has 0 saturated carbocycles. The van der Waals surface area contributed by atoms with Gasteiger partial charge in [-0.2, -0.15) is 0 Å². The van der Waals surface area contributed by atoms with Gasteiger partial charge in [0.1, 0.15) is 5.75 Å². The number of non-ortho nitro benzene ring substituents is 1. The summed E-state index contributed by atoms with van der Waals surface area (Å²) >= 11 is 5.07. The Kier molecular flexibility index (Phi) is 5.11.